The fourth-order valence-electron chi connectivity index (χ4n) is 2.44. The lowest BCUT2D eigenvalue weighted by Gasteiger charge is -2.22. The maximum absolute atomic E-state index is 10.7. The van der Waals surface area contributed by atoms with Crippen LogP contribution in [0.4, 0.5) is 5.69 Å². The summed E-state index contributed by atoms with van der Waals surface area (Å²) in [6.07, 6.45) is 5.97. The summed E-state index contributed by atoms with van der Waals surface area (Å²) in [7, 11) is 0. The molecular weight excluding hydrogens is 304 g/mol. The highest BCUT2D eigenvalue weighted by atomic mass is 16.6. The van der Waals surface area contributed by atoms with E-state index < -0.39 is 0 Å². The van der Waals surface area contributed by atoms with E-state index in [4.69, 9.17) is 4.74 Å². The number of ether oxygens (including phenoxy) is 1. The van der Waals surface area contributed by atoms with Crippen molar-refractivity contribution in [2.45, 2.75) is 13.2 Å². The summed E-state index contributed by atoms with van der Waals surface area (Å²) in [4.78, 5) is 12.4. The molecule has 122 valence electrons. The third-order valence-electron chi connectivity index (χ3n) is 3.76. The van der Waals surface area contributed by atoms with Crippen molar-refractivity contribution in [2.75, 3.05) is 6.54 Å². The van der Waals surface area contributed by atoms with E-state index in [-0.39, 0.29) is 10.6 Å². The molecule has 1 heterocycles. The van der Waals surface area contributed by atoms with Crippen LogP contribution in [-0.2, 0) is 17.9 Å². The molecule has 0 amide bonds. The van der Waals surface area contributed by atoms with Gasteiger partial charge in [-0.05, 0) is 23.3 Å². The molecule has 0 atom stereocenters. The van der Waals surface area contributed by atoms with Gasteiger partial charge >= 0.3 is 0 Å². The van der Waals surface area contributed by atoms with E-state index in [1.165, 1.54) is 12.1 Å². The van der Waals surface area contributed by atoms with Gasteiger partial charge in [0.25, 0.3) is 5.69 Å². The first kappa shape index (κ1) is 15.8. The van der Waals surface area contributed by atoms with Crippen LogP contribution < -0.4 is 0 Å². The van der Waals surface area contributed by atoms with Crippen LogP contribution in [0.2, 0.25) is 0 Å². The number of non-ortho nitro benzene ring substituents is 1. The first-order valence-corrected chi connectivity index (χ1v) is 7.73. The van der Waals surface area contributed by atoms with Gasteiger partial charge in [0, 0.05) is 31.4 Å². The zero-order valence-corrected chi connectivity index (χ0v) is 13.2. The van der Waals surface area contributed by atoms with Crippen LogP contribution in [0.25, 0.3) is 0 Å². The lowest BCUT2D eigenvalue weighted by atomic mass is 10.2. The lowest BCUT2D eigenvalue weighted by molar-refractivity contribution is -0.384. The van der Waals surface area contributed by atoms with Crippen molar-refractivity contribution < 1.29 is 9.66 Å². The summed E-state index contributed by atoms with van der Waals surface area (Å²) >= 11 is 0. The normalized spacial score (nSPS) is 13.5. The number of benzene rings is 2. The second-order valence-electron chi connectivity index (χ2n) is 5.55. The van der Waals surface area contributed by atoms with Crippen molar-refractivity contribution in [1.29, 1.82) is 0 Å². The summed E-state index contributed by atoms with van der Waals surface area (Å²) < 4.78 is 5.78. The average molecular weight is 322 g/mol. The van der Waals surface area contributed by atoms with Crippen LogP contribution in [-0.4, -0.2) is 16.4 Å². The average Bonchev–Trinajstić information content (AvgIpc) is 2.62. The minimum Gasteiger partial charge on any atom is -0.489 e. The Balaban J connectivity index is 1.50. The first-order valence-electron chi connectivity index (χ1n) is 7.73. The van der Waals surface area contributed by atoms with Gasteiger partial charge in [-0.15, -0.1) is 0 Å². The maximum Gasteiger partial charge on any atom is 0.269 e. The molecular formula is C19H18N2O3. The Morgan fingerprint density at radius 3 is 2.42 bits per heavy atom. The molecule has 24 heavy (non-hydrogen) atoms. The van der Waals surface area contributed by atoms with Crippen LogP contribution in [0, 0.1) is 10.1 Å². The number of nitro groups is 1. The van der Waals surface area contributed by atoms with E-state index in [0.717, 1.165) is 23.4 Å². The molecule has 2 aromatic rings. The molecule has 5 nitrogen and oxygen atoms in total. The fraction of sp³-hybridized carbons (Fsp3) is 0.158. The molecule has 2 aromatic carbocycles. The highest BCUT2D eigenvalue weighted by Crippen LogP contribution is 2.16. The first-order chi connectivity index (χ1) is 11.7. The molecule has 0 radical (unpaired) electrons. The Bertz CT molecular complexity index is 752. The van der Waals surface area contributed by atoms with Crippen molar-refractivity contribution in [3.8, 4) is 0 Å². The number of nitro benzene ring substituents is 1. The molecule has 1 aliphatic heterocycles. The SMILES string of the molecule is O=[N+]([O-])c1ccc(CN2C=CC(OCc3ccccc3)=CC2)cc1. The largest absolute Gasteiger partial charge is 0.489 e. The molecule has 0 spiro atoms. The second kappa shape index (κ2) is 7.46. The monoisotopic (exact) mass is 322 g/mol. The maximum atomic E-state index is 10.7. The zero-order chi connectivity index (χ0) is 16.8. The summed E-state index contributed by atoms with van der Waals surface area (Å²) in [5.74, 6) is 0.860. The van der Waals surface area contributed by atoms with Gasteiger partial charge < -0.3 is 9.64 Å². The standard InChI is InChI=1S/C19H18N2O3/c22-21(23)18-8-6-16(7-9-18)14-20-12-10-19(11-13-20)24-15-17-4-2-1-3-5-17/h1-12H,13-15H2. The Kier molecular flexibility index (Phi) is 4.91. The van der Waals surface area contributed by atoms with Crippen LogP contribution in [0.3, 0.4) is 0 Å². The highest BCUT2D eigenvalue weighted by molar-refractivity contribution is 5.33. The molecule has 0 N–H and O–H groups in total. The molecule has 0 aromatic heterocycles. The third-order valence-corrected chi connectivity index (χ3v) is 3.76. The number of rotatable bonds is 6. The fourth-order valence-corrected chi connectivity index (χ4v) is 2.44. The van der Waals surface area contributed by atoms with E-state index >= 15 is 0 Å². The summed E-state index contributed by atoms with van der Waals surface area (Å²) in [5.41, 5.74) is 2.29. The van der Waals surface area contributed by atoms with Crippen molar-refractivity contribution in [2.24, 2.45) is 0 Å². The molecule has 0 bridgehead atoms. The lowest BCUT2D eigenvalue weighted by Crippen LogP contribution is -2.19. The molecule has 0 saturated carbocycles. The van der Waals surface area contributed by atoms with Gasteiger partial charge in [-0.1, -0.05) is 42.5 Å². The molecule has 0 saturated heterocycles. The van der Waals surface area contributed by atoms with Crippen LogP contribution >= 0.6 is 0 Å². The van der Waals surface area contributed by atoms with Gasteiger partial charge in [-0.2, -0.15) is 0 Å². The van der Waals surface area contributed by atoms with Gasteiger partial charge in [-0.25, -0.2) is 0 Å². The van der Waals surface area contributed by atoms with E-state index in [9.17, 15) is 10.1 Å². The predicted octanol–water partition coefficient (Wildman–Crippen LogP) is 4.02. The van der Waals surface area contributed by atoms with E-state index in [0.29, 0.717) is 13.2 Å². The van der Waals surface area contributed by atoms with Gasteiger partial charge in [0.2, 0.25) is 0 Å². The number of nitrogens with zero attached hydrogens (tertiary/aromatic N) is 2. The van der Waals surface area contributed by atoms with E-state index in [2.05, 4.69) is 4.90 Å². The molecule has 5 heteroatoms. The molecule has 3 rings (SSSR count). The molecule has 0 aliphatic carbocycles. The van der Waals surface area contributed by atoms with Gasteiger partial charge in [0.15, 0.2) is 0 Å². The number of hydrogen-bond donors (Lipinski definition) is 0. The van der Waals surface area contributed by atoms with Gasteiger partial charge in [-0.3, -0.25) is 10.1 Å². The van der Waals surface area contributed by atoms with Crippen molar-refractivity contribution in [3.05, 3.63) is 99.9 Å². The van der Waals surface area contributed by atoms with Gasteiger partial charge in [0.05, 0.1) is 4.92 Å². The summed E-state index contributed by atoms with van der Waals surface area (Å²) in [5, 5.41) is 10.7. The summed E-state index contributed by atoms with van der Waals surface area (Å²) in [6.45, 7) is 2.01. The minimum absolute atomic E-state index is 0.115. The topological polar surface area (TPSA) is 55.6 Å². The molecule has 1 aliphatic rings. The summed E-state index contributed by atoms with van der Waals surface area (Å²) in [6, 6.07) is 16.7. The van der Waals surface area contributed by atoms with Crippen LogP contribution in [0.1, 0.15) is 11.1 Å². The third kappa shape index (κ3) is 4.23. The minimum atomic E-state index is -0.385. The highest BCUT2D eigenvalue weighted by Gasteiger charge is 2.08. The Labute approximate surface area is 140 Å². The van der Waals surface area contributed by atoms with E-state index in [1.54, 1.807) is 12.1 Å². The van der Waals surface area contributed by atoms with Crippen LogP contribution in [0.5, 0.6) is 0 Å². The Hall–Kier alpha value is -3.08. The molecule has 0 unspecified atom stereocenters. The smallest absolute Gasteiger partial charge is 0.269 e. The van der Waals surface area contributed by atoms with Gasteiger partial charge in [0.1, 0.15) is 12.4 Å². The second-order valence-corrected chi connectivity index (χ2v) is 5.55. The van der Waals surface area contributed by atoms with Crippen molar-refractivity contribution in [1.82, 2.24) is 4.90 Å². The number of hydrogen-bond acceptors (Lipinski definition) is 4. The van der Waals surface area contributed by atoms with Crippen LogP contribution in [0.15, 0.2) is 78.7 Å². The molecule has 0 fully saturated rings. The quantitative estimate of drug-likeness (QED) is 0.595. The van der Waals surface area contributed by atoms with Crippen molar-refractivity contribution >= 4 is 5.69 Å². The van der Waals surface area contributed by atoms with Crippen molar-refractivity contribution in [3.63, 3.8) is 0 Å². The Morgan fingerprint density at radius 2 is 1.79 bits per heavy atom. The number of allylic oxidation sites excluding steroid dienone is 1. The van der Waals surface area contributed by atoms with E-state index in [1.807, 2.05) is 48.7 Å². The zero-order valence-electron chi connectivity index (χ0n) is 13.2. The predicted molar refractivity (Wildman–Crippen MR) is 92.0 cm³/mol. The Morgan fingerprint density at radius 1 is 1.04 bits per heavy atom.